The number of hydrogen-bond donors (Lipinski definition) is 1. The average molecular weight is 436 g/mol. The Morgan fingerprint density at radius 3 is 2.73 bits per heavy atom. The van der Waals surface area contributed by atoms with E-state index in [9.17, 15) is 10.1 Å². The lowest BCUT2D eigenvalue weighted by Gasteiger charge is -2.19. The maximum atomic E-state index is 13.2. The Kier molecular flexibility index (Phi) is 6.01. The Bertz CT molecular complexity index is 1430. The second kappa shape index (κ2) is 9.21. The van der Waals surface area contributed by atoms with Crippen LogP contribution in [0.3, 0.4) is 0 Å². The zero-order valence-corrected chi connectivity index (χ0v) is 18.2. The quantitative estimate of drug-likeness (QED) is 0.487. The molecule has 0 aliphatic carbocycles. The molecule has 4 rings (SSSR count). The van der Waals surface area contributed by atoms with E-state index in [-0.39, 0.29) is 5.91 Å². The van der Waals surface area contributed by atoms with Crippen LogP contribution in [0.2, 0.25) is 0 Å². The maximum absolute atomic E-state index is 13.2. The highest BCUT2D eigenvalue weighted by Crippen LogP contribution is 2.32. The van der Waals surface area contributed by atoms with Gasteiger partial charge in [-0.3, -0.25) is 14.9 Å². The summed E-state index contributed by atoms with van der Waals surface area (Å²) < 4.78 is 5.80. The molecule has 0 bridgehead atoms. The van der Waals surface area contributed by atoms with Crippen molar-refractivity contribution >= 4 is 16.8 Å². The van der Waals surface area contributed by atoms with E-state index >= 15 is 0 Å². The summed E-state index contributed by atoms with van der Waals surface area (Å²) in [7, 11) is 1.72. The first kappa shape index (κ1) is 21.5. The molecule has 0 unspecified atom stereocenters. The van der Waals surface area contributed by atoms with Gasteiger partial charge in [0.25, 0.3) is 5.91 Å². The van der Waals surface area contributed by atoms with Gasteiger partial charge < -0.3 is 9.64 Å². The number of nitriles is 2. The number of aromatic amines is 1. The van der Waals surface area contributed by atoms with Gasteiger partial charge in [0, 0.05) is 48.1 Å². The molecule has 0 spiro atoms. The molecule has 2 aromatic carbocycles. The summed E-state index contributed by atoms with van der Waals surface area (Å²) in [6.45, 7) is 2.63. The fourth-order valence-corrected chi connectivity index (χ4v) is 3.69. The molecule has 162 valence electrons. The lowest BCUT2D eigenvalue weighted by atomic mass is 10.0. The predicted octanol–water partition coefficient (Wildman–Crippen LogP) is 4.04. The molecule has 33 heavy (non-hydrogen) atoms. The van der Waals surface area contributed by atoms with Gasteiger partial charge in [-0.2, -0.15) is 15.6 Å². The largest absolute Gasteiger partial charge is 0.493 e. The van der Waals surface area contributed by atoms with E-state index in [4.69, 9.17) is 10.00 Å². The van der Waals surface area contributed by atoms with E-state index in [0.717, 1.165) is 27.6 Å². The number of hydrogen-bond acceptors (Lipinski definition) is 6. The zero-order chi connectivity index (χ0) is 23.4. The van der Waals surface area contributed by atoms with Crippen molar-refractivity contribution in [1.29, 1.82) is 10.5 Å². The van der Waals surface area contributed by atoms with Crippen LogP contribution in [0, 0.1) is 22.7 Å². The molecule has 0 saturated heterocycles. The number of carbonyl (C=O) groups is 1. The van der Waals surface area contributed by atoms with Crippen LogP contribution < -0.4 is 4.74 Å². The van der Waals surface area contributed by atoms with Gasteiger partial charge in [0.2, 0.25) is 0 Å². The third-order valence-corrected chi connectivity index (χ3v) is 5.28. The molecule has 4 aromatic rings. The van der Waals surface area contributed by atoms with Crippen molar-refractivity contribution < 1.29 is 9.53 Å². The number of fused-ring (bicyclic) bond motifs is 1. The van der Waals surface area contributed by atoms with E-state index in [1.807, 2.05) is 13.0 Å². The lowest BCUT2D eigenvalue weighted by Crippen LogP contribution is -2.26. The van der Waals surface area contributed by atoms with Crippen LogP contribution in [0.1, 0.15) is 34.0 Å². The van der Waals surface area contributed by atoms with Crippen molar-refractivity contribution in [3.8, 4) is 29.0 Å². The maximum Gasteiger partial charge on any atom is 0.254 e. The molecule has 8 nitrogen and oxygen atoms in total. The second-order valence-electron chi connectivity index (χ2n) is 7.42. The van der Waals surface area contributed by atoms with Crippen molar-refractivity contribution in [2.75, 3.05) is 13.7 Å². The molecule has 0 radical (unpaired) electrons. The Hall–Kier alpha value is -4.69. The van der Waals surface area contributed by atoms with Gasteiger partial charge in [-0.25, -0.2) is 0 Å². The summed E-state index contributed by atoms with van der Waals surface area (Å²) >= 11 is 0. The molecule has 2 aromatic heterocycles. The zero-order valence-electron chi connectivity index (χ0n) is 18.2. The number of ether oxygens (including phenoxy) is 1. The molecule has 0 aliphatic heterocycles. The van der Waals surface area contributed by atoms with Gasteiger partial charge in [0.15, 0.2) is 0 Å². The predicted molar refractivity (Wildman–Crippen MR) is 122 cm³/mol. The minimum Gasteiger partial charge on any atom is -0.493 e. The third kappa shape index (κ3) is 4.23. The monoisotopic (exact) mass is 436 g/mol. The Labute approximate surface area is 190 Å². The van der Waals surface area contributed by atoms with E-state index in [1.165, 1.54) is 6.20 Å². The lowest BCUT2D eigenvalue weighted by molar-refractivity contribution is 0.0785. The summed E-state index contributed by atoms with van der Waals surface area (Å²) in [6, 6.07) is 14.8. The van der Waals surface area contributed by atoms with Crippen molar-refractivity contribution in [2.24, 2.45) is 0 Å². The number of rotatable bonds is 6. The molecule has 8 heteroatoms. The van der Waals surface area contributed by atoms with Crippen molar-refractivity contribution in [3.05, 3.63) is 77.2 Å². The van der Waals surface area contributed by atoms with Gasteiger partial charge in [-0.05, 0) is 42.8 Å². The first-order valence-electron chi connectivity index (χ1n) is 10.3. The molecular weight excluding hydrogens is 416 g/mol. The van der Waals surface area contributed by atoms with Crippen LogP contribution in [0.25, 0.3) is 22.0 Å². The minimum atomic E-state index is -0.177. The molecule has 0 saturated carbocycles. The highest BCUT2D eigenvalue weighted by atomic mass is 16.5. The van der Waals surface area contributed by atoms with Gasteiger partial charge >= 0.3 is 0 Å². The molecule has 0 atom stereocenters. The Morgan fingerprint density at radius 1 is 1.12 bits per heavy atom. The minimum absolute atomic E-state index is 0.177. The Balaban J connectivity index is 1.63. The number of benzene rings is 2. The standard InChI is InChI=1S/C25H20N6O2/c1-3-33-23-9-17(6-7-21(23)20-8-16(10-26)12-28-13-20)25(32)31(2)15-19-5-4-18(11-27)22-14-29-30-24(19)22/h4-9,12-14H,3,15H2,1-2H3,(H,29,30). The van der Waals surface area contributed by atoms with Crippen LogP contribution in [-0.2, 0) is 6.54 Å². The molecule has 1 amide bonds. The van der Waals surface area contributed by atoms with E-state index < -0.39 is 0 Å². The summed E-state index contributed by atoms with van der Waals surface area (Å²) in [4.78, 5) is 18.9. The number of aromatic nitrogens is 3. The van der Waals surface area contributed by atoms with Gasteiger partial charge in [-0.1, -0.05) is 6.07 Å². The number of nitrogens with zero attached hydrogens (tertiary/aromatic N) is 5. The van der Waals surface area contributed by atoms with Gasteiger partial charge in [-0.15, -0.1) is 0 Å². The van der Waals surface area contributed by atoms with Crippen molar-refractivity contribution in [2.45, 2.75) is 13.5 Å². The highest BCUT2D eigenvalue weighted by Gasteiger charge is 2.18. The van der Waals surface area contributed by atoms with Crippen molar-refractivity contribution in [3.63, 3.8) is 0 Å². The molecule has 2 heterocycles. The third-order valence-electron chi connectivity index (χ3n) is 5.28. The fourth-order valence-electron chi connectivity index (χ4n) is 3.69. The number of H-pyrrole nitrogens is 1. The first-order valence-corrected chi connectivity index (χ1v) is 10.3. The topological polar surface area (TPSA) is 119 Å². The van der Waals surface area contributed by atoms with Crippen LogP contribution in [0.5, 0.6) is 5.75 Å². The summed E-state index contributed by atoms with van der Waals surface area (Å²) in [6.07, 6.45) is 4.77. The molecule has 1 N–H and O–H groups in total. The van der Waals surface area contributed by atoms with E-state index in [2.05, 4.69) is 27.3 Å². The number of pyridine rings is 1. The molecule has 0 fully saturated rings. The number of nitrogens with one attached hydrogen (secondary N) is 1. The van der Waals surface area contributed by atoms with Crippen LogP contribution in [-0.4, -0.2) is 39.6 Å². The molecular formula is C25H20N6O2. The fraction of sp³-hybridized carbons (Fsp3) is 0.160. The van der Waals surface area contributed by atoms with Crippen molar-refractivity contribution in [1.82, 2.24) is 20.1 Å². The first-order chi connectivity index (χ1) is 16.0. The van der Waals surface area contributed by atoms with Crippen LogP contribution in [0.15, 0.2) is 55.0 Å². The SMILES string of the molecule is CCOc1cc(C(=O)N(C)Cc2ccc(C#N)c3cn[nH]c23)ccc1-c1cncc(C#N)c1. The number of carbonyl (C=O) groups excluding carboxylic acids is 1. The smallest absolute Gasteiger partial charge is 0.254 e. The average Bonchev–Trinajstić information content (AvgIpc) is 3.34. The highest BCUT2D eigenvalue weighted by molar-refractivity contribution is 5.96. The van der Waals surface area contributed by atoms with Crippen LogP contribution >= 0.6 is 0 Å². The summed E-state index contributed by atoms with van der Waals surface area (Å²) in [5.41, 5.74) is 4.55. The number of amides is 1. The van der Waals surface area contributed by atoms with Gasteiger partial charge in [0.05, 0.1) is 35.5 Å². The van der Waals surface area contributed by atoms with E-state index in [1.54, 1.807) is 54.7 Å². The van der Waals surface area contributed by atoms with E-state index in [0.29, 0.717) is 35.6 Å². The normalized spacial score (nSPS) is 10.4. The van der Waals surface area contributed by atoms with Gasteiger partial charge in [0.1, 0.15) is 11.8 Å². The molecule has 0 aliphatic rings. The summed E-state index contributed by atoms with van der Waals surface area (Å²) in [5.74, 6) is 0.367. The second-order valence-corrected chi connectivity index (χ2v) is 7.42. The Morgan fingerprint density at radius 2 is 1.97 bits per heavy atom. The van der Waals surface area contributed by atoms with Crippen LogP contribution in [0.4, 0.5) is 0 Å². The summed E-state index contributed by atoms with van der Waals surface area (Å²) in [5, 5.41) is 26.1.